The molecule has 7 nitrogen and oxygen atoms in total. The van der Waals surface area contributed by atoms with Gasteiger partial charge in [0.2, 0.25) is 0 Å². The number of methoxy groups -OCH3 is 2. The zero-order valence-electron chi connectivity index (χ0n) is 12.0. The maximum atomic E-state index is 12.5. The number of carbonyl (C=O) groups is 1. The molecule has 1 amide bonds. The summed E-state index contributed by atoms with van der Waals surface area (Å²) in [6, 6.07) is 0. The number of aromatic nitrogens is 2. The first kappa shape index (κ1) is 15.5. The van der Waals surface area contributed by atoms with Crippen LogP contribution >= 0.6 is 0 Å². The van der Waals surface area contributed by atoms with Crippen LogP contribution in [0.25, 0.3) is 0 Å². The van der Waals surface area contributed by atoms with Crippen LogP contribution in [0.1, 0.15) is 16.2 Å². The summed E-state index contributed by atoms with van der Waals surface area (Å²) in [5, 5.41) is 4.16. The second-order valence-electron chi connectivity index (χ2n) is 4.25. The Hall–Kier alpha value is -1.60. The number of aryl methyl sites for hydroxylation is 2. The highest BCUT2D eigenvalue weighted by Gasteiger charge is 2.23. The maximum Gasteiger partial charge on any atom is 0.274 e. The molecular weight excluding hydrogens is 248 g/mol. The summed E-state index contributed by atoms with van der Waals surface area (Å²) in [5.74, 6) is -0.158. The third-order valence-corrected chi connectivity index (χ3v) is 2.89. The first-order chi connectivity index (χ1) is 9.02. The van der Waals surface area contributed by atoms with Gasteiger partial charge in [-0.2, -0.15) is 5.10 Å². The molecule has 1 aromatic heterocycles. The monoisotopic (exact) mass is 270 g/mol. The molecule has 0 aliphatic rings. The van der Waals surface area contributed by atoms with Crippen molar-refractivity contribution in [3.8, 4) is 0 Å². The molecule has 0 aliphatic heterocycles. The molecule has 1 rings (SSSR count). The highest BCUT2D eigenvalue weighted by molar-refractivity contribution is 5.98. The molecule has 108 valence electrons. The predicted molar refractivity (Wildman–Crippen MR) is 72.0 cm³/mol. The van der Waals surface area contributed by atoms with E-state index >= 15 is 0 Å². The Morgan fingerprint density at radius 1 is 1.32 bits per heavy atom. The summed E-state index contributed by atoms with van der Waals surface area (Å²) in [5.41, 5.74) is 7.39. The van der Waals surface area contributed by atoms with Crippen LogP contribution in [0.5, 0.6) is 0 Å². The minimum absolute atomic E-state index is 0.158. The first-order valence-electron chi connectivity index (χ1n) is 6.09. The lowest BCUT2D eigenvalue weighted by Gasteiger charge is -2.22. The Labute approximate surface area is 113 Å². The number of anilines is 1. The Balaban J connectivity index is 2.90. The number of rotatable bonds is 7. The molecule has 2 N–H and O–H groups in total. The third-order valence-electron chi connectivity index (χ3n) is 2.89. The van der Waals surface area contributed by atoms with E-state index < -0.39 is 0 Å². The van der Waals surface area contributed by atoms with E-state index in [9.17, 15) is 4.79 Å². The van der Waals surface area contributed by atoms with Gasteiger partial charge in [-0.1, -0.05) is 0 Å². The average molecular weight is 270 g/mol. The van der Waals surface area contributed by atoms with E-state index in [1.165, 1.54) is 4.68 Å². The number of hydrogen-bond donors (Lipinski definition) is 1. The molecule has 0 bridgehead atoms. The van der Waals surface area contributed by atoms with Gasteiger partial charge in [-0.05, 0) is 6.92 Å². The molecule has 0 radical (unpaired) electrons. The van der Waals surface area contributed by atoms with Gasteiger partial charge in [-0.15, -0.1) is 0 Å². The predicted octanol–water partition coefficient (Wildman–Crippen LogP) is 0.0457. The van der Waals surface area contributed by atoms with Gasteiger partial charge in [0.25, 0.3) is 5.91 Å². The fourth-order valence-electron chi connectivity index (χ4n) is 1.80. The van der Waals surface area contributed by atoms with Crippen LogP contribution in [0.3, 0.4) is 0 Å². The Kier molecular flexibility index (Phi) is 5.78. The van der Waals surface area contributed by atoms with Crippen LogP contribution in [-0.4, -0.2) is 61.1 Å². The molecule has 0 saturated heterocycles. The molecular formula is C12H22N4O3. The van der Waals surface area contributed by atoms with Crippen molar-refractivity contribution in [1.82, 2.24) is 14.7 Å². The summed E-state index contributed by atoms with van der Waals surface area (Å²) >= 11 is 0. The molecule has 1 aromatic rings. The van der Waals surface area contributed by atoms with E-state index in [0.29, 0.717) is 43.4 Å². The molecule has 0 unspecified atom stereocenters. The van der Waals surface area contributed by atoms with E-state index in [1.807, 2.05) is 0 Å². The van der Waals surface area contributed by atoms with Gasteiger partial charge in [0.1, 0.15) is 5.69 Å². The number of nitrogen functional groups attached to an aromatic ring is 1. The molecule has 0 aliphatic carbocycles. The minimum Gasteiger partial charge on any atom is -0.395 e. The van der Waals surface area contributed by atoms with Crippen molar-refractivity contribution in [3.05, 3.63) is 11.4 Å². The summed E-state index contributed by atoms with van der Waals surface area (Å²) in [7, 11) is 4.91. The summed E-state index contributed by atoms with van der Waals surface area (Å²) in [4.78, 5) is 14.1. The lowest BCUT2D eigenvalue weighted by molar-refractivity contribution is 0.0618. The van der Waals surface area contributed by atoms with E-state index in [4.69, 9.17) is 15.2 Å². The van der Waals surface area contributed by atoms with Crippen LogP contribution < -0.4 is 5.73 Å². The molecule has 19 heavy (non-hydrogen) atoms. The van der Waals surface area contributed by atoms with E-state index in [1.54, 1.807) is 33.1 Å². The topological polar surface area (TPSA) is 82.6 Å². The van der Waals surface area contributed by atoms with Crippen LogP contribution in [0, 0.1) is 6.92 Å². The fourth-order valence-corrected chi connectivity index (χ4v) is 1.80. The Morgan fingerprint density at radius 2 is 1.84 bits per heavy atom. The van der Waals surface area contributed by atoms with Crippen LogP contribution in [0.2, 0.25) is 0 Å². The van der Waals surface area contributed by atoms with Crippen molar-refractivity contribution >= 4 is 11.6 Å². The standard InChI is InChI=1S/C12H22N4O3/c1-9-10(13)11(15(2)14-9)12(17)16(5-7-18-3)6-8-19-4/h5-8,13H2,1-4H3. The van der Waals surface area contributed by atoms with Crippen LogP contribution in [-0.2, 0) is 16.5 Å². The molecule has 0 fully saturated rings. The normalized spacial score (nSPS) is 10.7. The number of hydrogen-bond acceptors (Lipinski definition) is 5. The van der Waals surface area contributed by atoms with Crippen LogP contribution in [0.4, 0.5) is 5.69 Å². The number of amides is 1. The van der Waals surface area contributed by atoms with Gasteiger partial charge in [-0.25, -0.2) is 0 Å². The first-order valence-corrected chi connectivity index (χ1v) is 6.09. The van der Waals surface area contributed by atoms with Crippen molar-refractivity contribution in [1.29, 1.82) is 0 Å². The number of nitrogens with two attached hydrogens (primary N) is 1. The van der Waals surface area contributed by atoms with Gasteiger partial charge in [0.15, 0.2) is 0 Å². The highest BCUT2D eigenvalue weighted by atomic mass is 16.5. The summed E-state index contributed by atoms with van der Waals surface area (Å²) in [6.45, 7) is 3.68. The van der Waals surface area contributed by atoms with Crippen LogP contribution in [0.15, 0.2) is 0 Å². The second-order valence-corrected chi connectivity index (χ2v) is 4.25. The largest absolute Gasteiger partial charge is 0.395 e. The molecule has 0 atom stereocenters. The fraction of sp³-hybridized carbons (Fsp3) is 0.667. The summed E-state index contributed by atoms with van der Waals surface area (Å²) < 4.78 is 11.5. The van der Waals surface area contributed by atoms with Crippen molar-refractivity contribution in [2.75, 3.05) is 46.3 Å². The van der Waals surface area contributed by atoms with Crippen molar-refractivity contribution in [2.45, 2.75) is 6.92 Å². The second kappa shape index (κ2) is 7.10. The lowest BCUT2D eigenvalue weighted by atomic mass is 10.2. The Morgan fingerprint density at radius 3 is 2.21 bits per heavy atom. The van der Waals surface area contributed by atoms with E-state index in [-0.39, 0.29) is 5.91 Å². The molecule has 0 saturated carbocycles. The highest BCUT2D eigenvalue weighted by Crippen LogP contribution is 2.17. The van der Waals surface area contributed by atoms with Crippen molar-refractivity contribution < 1.29 is 14.3 Å². The van der Waals surface area contributed by atoms with E-state index in [0.717, 1.165) is 0 Å². The third kappa shape index (κ3) is 3.68. The van der Waals surface area contributed by atoms with Gasteiger partial charge >= 0.3 is 0 Å². The minimum atomic E-state index is -0.158. The van der Waals surface area contributed by atoms with Gasteiger partial charge < -0.3 is 20.1 Å². The summed E-state index contributed by atoms with van der Waals surface area (Å²) in [6.07, 6.45) is 0. The smallest absolute Gasteiger partial charge is 0.274 e. The quantitative estimate of drug-likeness (QED) is 0.756. The maximum absolute atomic E-state index is 12.5. The van der Waals surface area contributed by atoms with Gasteiger partial charge in [-0.3, -0.25) is 9.48 Å². The number of nitrogens with zero attached hydrogens (tertiary/aromatic N) is 3. The average Bonchev–Trinajstić information content (AvgIpc) is 2.63. The Bertz CT molecular complexity index is 423. The lowest BCUT2D eigenvalue weighted by Crippen LogP contribution is -2.37. The molecule has 0 spiro atoms. The zero-order chi connectivity index (χ0) is 14.4. The molecule has 1 heterocycles. The number of ether oxygens (including phenoxy) is 2. The molecule has 7 heteroatoms. The van der Waals surface area contributed by atoms with Gasteiger partial charge in [0, 0.05) is 34.4 Å². The number of carbonyl (C=O) groups excluding carboxylic acids is 1. The SMILES string of the molecule is COCCN(CCOC)C(=O)c1c(N)c(C)nn1C. The van der Waals surface area contributed by atoms with E-state index in [2.05, 4.69) is 5.10 Å². The molecule has 0 aromatic carbocycles. The van der Waals surface area contributed by atoms with Crippen molar-refractivity contribution in [2.24, 2.45) is 7.05 Å². The zero-order valence-corrected chi connectivity index (χ0v) is 12.0. The van der Waals surface area contributed by atoms with Gasteiger partial charge in [0.05, 0.1) is 24.6 Å². The van der Waals surface area contributed by atoms with Crippen molar-refractivity contribution in [3.63, 3.8) is 0 Å².